The summed E-state index contributed by atoms with van der Waals surface area (Å²) in [6, 6.07) is 0.535. The van der Waals surface area contributed by atoms with Crippen LogP contribution in [-0.2, 0) is 13.0 Å². The van der Waals surface area contributed by atoms with Gasteiger partial charge in [-0.1, -0.05) is 13.8 Å². The lowest BCUT2D eigenvalue weighted by molar-refractivity contribution is 0.283. The molecule has 0 aliphatic heterocycles. The second-order valence-corrected chi connectivity index (χ2v) is 5.23. The highest BCUT2D eigenvalue weighted by atomic mass is 15.3. The molecule has 1 aromatic rings. The molecule has 0 fully saturated rings. The molecule has 1 N–H and O–H groups in total. The summed E-state index contributed by atoms with van der Waals surface area (Å²) in [4.78, 5) is 4.34. The van der Waals surface area contributed by atoms with Crippen LogP contribution in [0, 0.1) is 5.41 Å². The minimum atomic E-state index is 0.252. The smallest absolute Gasteiger partial charge is 0.138 e. The lowest BCUT2D eigenvalue weighted by atomic mass is 9.82. The molecule has 1 unspecified atom stereocenters. The van der Waals surface area contributed by atoms with E-state index in [2.05, 4.69) is 43.1 Å². The van der Waals surface area contributed by atoms with E-state index in [1.54, 1.807) is 6.33 Å². The topological polar surface area (TPSA) is 42.7 Å². The SMILES string of the molecule is CCn1ncnc1CC(C)(C)CC(C)NC. The second kappa shape index (κ2) is 5.43. The van der Waals surface area contributed by atoms with E-state index >= 15 is 0 Å². The normalized spacial score (nSPS) is 14.1. The van der Waals surface area contributed by atoms with Gasteiger partial charge < -0.3 is 5.32 Å². The third-order valence-corrected chi connectivity index (χ3v) is 2.98. The number of hydrogen-bond acceptors (Lipinski definition) is 3. The van der Waals surface area contributed by atoms with E-state index in [1.165, 1.54) is 0 Å². The molecule has 0 saturated heterocycles. The summed E-state index contributed by atoms with van der Waals surface area (Å²) in [6.07, 6.45) is 3.77. The Balaban J connectivity index is 2.64. The number of rotatable bonds is 6. The first-order chi connectivity index (χ1) is 7.48. The third-order valence-electron chi connectivity index (χ3n) is 2.98. The lowest BCUT2D eigenvalue weighted by Gasteiger charge is -2.27. The van der Waals surface area contributed by atoms with Crippen LogP contribution in [0.25, 0.3) is 0 Å². The van der Waals surface area contributed by atoms with E-state index in [0.29, 0.717) is 6.04 Å². The van der Waals surface area contributed by atoms with Gasteiger partial charge in [0, 0.05) is 19.0 Å². The van der Waals surface area contributed by atoms with Crippen molar-refractivity contribution in [2.24, 2.45) is 5.41 Å². The van der Waals surface area contributed by atoms with Crippen LogP contribution in [0.4, 0.5) is 0 Å². The predicted molar refractivity (Wildman–Crippen MR) is 66.3 cm³/mol. The molecule has 1 heterocycles. The van der Waals surface area contributed by atoms with Crippen molar-refractivity contribution in [3.05, 3.63) is 12.2 Å². The maximum atomic E-state index is 4.34. The van der Waals surface area contributed by atoms with Gasteiger partial charge in [0.1, 0.15) is 12.2 Å². The van der Waals surface area contributed by atoms with E-state index in [0.717, 1.165) is 25.2 Å². The minimum absolute atomic E-state index is 0.252. The largest absolute Gasteiger partial charge is 0.317 e. The zero-order valence-electron chi connectivity index (χ0n) is 11.1. The zero-order chi connectivity index (χ0) is 12.2. The summed E-state index contributed by atoms with van der Waals surface area (Å²) in [5.74, 6) is 1.09. The predicted octanol–water partition coefficient (Wildman–Crippen LogP) is 1.86. The molecule has 0 aromatic carbocycles. The van der Waals surface area contributed by atoms with Crippen LogP contribution in [-0.4, -0.2) is 27.9 Å². The number of aryl methyl sites for hydroxylation is 1. The average Bonchev–Trinajstić information content (AvgIpc) is 2.63. The summed E-state index contributed by atoms with van der Waals surface area (Å²) in [7, 11) is 2.01. The van der Waals surface area contributed by atoms with Gasteiger partial charge in [-0.2, -0.15) is 5.10 Å². The molecule has 0 saturated carbocycles. The minimum Gasteiger partial charge on any atom is -0.317 e. The van der Waals surface area contributed by atoms with Crippen molar-refractivity contribution in [3.63, 3.8) is 0 Å². The first kappa shape index (κ1) is 13.2. The van der Waals surface area contributed by atoms with Crippen LogP contribution >= 0.6 is 0 Å². The van der Waals surface area contributed by atoms with Gasteiger partial charge in [-0.05, 0) is 32.7 Å². The first-order valence-corrected chi connectivity index (χ1v) is 6.02. The molecule has 1 aromatic heterocycles. The van der Waals surface area contributed by atoms with E-state index in [1.807, 2.05) is 11.7 Å². The maximum Gasteiger partial charge on any atom is 0.138 e. The Bertz CT molecular complexity index is 317. The van der Waals surface area contributed by atoms with Gasteiger partial charge in [0.15, 0.2) is 0 Å². The molecule has 92 valence electrons. The van der Waals surface area contributed by atoms with Crippen molar-refractivity contribution in [1.29, 1.82) is 0 Å². The fraction of sp³-hybridized carbons (Fsp3) is 0.833. The Hall–Kier alpha value is -0.900. The third kappa shape index (κ3) is 3.59. The average molecular weight is 224 g/mol. The van der Waals surface area contributed by atoms with Crippen LogP contribution in [0.15, 0.2) is 6.33 Å². The highest BCUT2D eigenvalue weighted by Gasteiger charge is 2.23. The van der Waals surface area contributed by atoms with Gasteiger partial charge in [-0.25, -0.2) is 4.98 Å². The van der Waals surface area contributed by atoms with Crippen molar-refractivity contribution in [3.8, 4) is 0 Å². The molecule has 0 aliphatic carbocycles. The van der Waals surface area contributed by atoms with E-state index < -0.39 is 0 Å². The van der Waals surface area contributed by atoms with Crippen LogP contribution in [0.3, 0.4) is 0 Å². The molecule has 0 radical (unpaired) electrons. The van der Waals surface area contributed by atoms with Gasteiger partial charge in [0.2, 0.25) is 0 Å². The molecule has 16 heavy (non-hydrogen) atoms. The van der Waals surface area contributed by atoms with Crippen LogP contribution in [0.1, 0.15) is 39.9 Å². The highest BCUT2D eigenvalue weighted by molar-refractivity contribution is 4.91. The summed E-state index contributed by atoms with van der Waals surface area (Å²) in [5, 5.41) is 7.49. The maximum absolute atomic E-state index is 4.34. The summed E-state index contributed by atoms with van der Waals surface area (Å²) in [5.41, 5.74) is 0.252. The summed E-state index contributed by atoms with van der Waals surface area (Å²) >= 11 is 0. The fourth-order valence-electron chi connectivity index (χ4n) is 2.12. The van der Waals surface area contributed by atoms with Crippen LogP contribution in [0.5, 0.6) is 0 Å². The molecule has 0 bridgehead atoms. The van der Waals surface area contributed by atoms with E-state index in [-0.39, 0.29) is 5.41 Å². The molecule has 4 heteroatoms. The van der Waals surface area contributed by atoms with Gasteiger partial charge >= 0.3 is 0 Å². The molecule has 1 rings (SSSR count). The van der Waals surface area contributed by atoms with Crippen molar-refractivity contribution >= 4 is 0 Å². The number of aromatic nitrogens is 3. The summed E-state index contributed by atoms with van der Waals surface area (Å²) < 4.78 is 1.98. The van der Waals surface area contributed by atoms with Gasteiger partial charge in [-0.15, -0.1) is 0 Å². The Morgan fingerprint density at radius 1 is 1.50 bits per heavy atom. The number of nitrogens with one attached hydrogen (secondary N) is 1. The van der Waals surface area contributed by atoms with Crippen molar-refractivity contribution < 1.29 is 0 Å². The standard InChI is InChI=1S/C12H24N4/c1-6-16-11(14-9-15-16)8-12(3,4)7-10(2)13-5/h9-10,13H,6-8H2,1-5H3. The van der Waals surface area contributed by atoms with E-state index in [4.69, 9.17) is 0 Å². The van der Waals surface area contributed by atoms with Crippen molar-refractivity contribution in [2.75, 3.05) is 7.05 Å². The second-order valence-electron chi connectivity index (χ2n) is 5.23. The Labute approximate surface area is 98.5 Å². The fourth-order valence-corrected chi connectivity index (χ4v) is 2.12. The molecule has 0 aliphatic rings. The van der Waals surface area contributed by atoms with Crippen molar-refractivity contribution in [1.82, 2.24) is 20.1 Å². The summed E-state index contributed by atoms with van der Waals surface area (Å²) in [6.45, 7) is 9.78. The Morgan fingerprint density at radius 3 is 2.75 bits per heavy atom. The zero-order valence-corrected chi connectivity index (χ0v) is 11.1. The Morgan fingerprint density at radius 2 is 2.19 bits per heavy atom. The molecule has 0 amide bonds. The molecule has 4 nitrogen and oxygen atoms in total. The molecular formula is C12H24N4. The quantitative estimate of drug-likeness (QED) is 0.802. The van der Waals surface area contributed by atoms with Crippen LogP contribution in [0.2, 0.25) is 0 Å². The van der Waals surface area contributed by atoms with Crippen molar-refractivity contribution in [2.45, 2.75) is 53.1 Å². The Kier molecular flexibility index (Phi) is 4.47. The van der Waals surface area contributed by atoms with Gasteiger partial charge in [0.05, 0.1) is 0 Å². The number of hydrogen-bond donors (Lipinski definition) is 1. The molecule has 0 spiro atoms. The highest BCUT2D eigenvalue weighted by Crippen LogP contribution is 2.26. The first-order valence-electron chi connectivity index (χ1n) is 6.02. The van der Waals surface area contributed by atoms with Gasteiger partial charge in [-0.3, -0.25) is 4.68 Å². The number of nitrogens with zero attached hydrogens (tertiary/aromatic N) is 3. The lowest BCUT2D eigenvalue weighted by Crippen LogP contribution is -2.30. The van der Waals surface area contributed by atoms with Crippen LogP contribution < -0.4 is 5.32 Å². The monoisotopic (exact) mass is 224 g/mol. The van der Waals surface area contributed by atoms with E-state index in [9.17, 15) is 0 Å². The molecule has 1 atom stereocenters. The van der Waals surface area contributed by atoms with Gasteiger partial charge in [0.25, 0.3) is 0 Å². The molecular weight excluding hydrogens is 200 g/mol.